The number of hydrogen-bond donors (Lipinski definition) is 0. The lowest BCUT2D eigenvalue weighted by Gasteiger charge is -2.27. The predicted molar refractivity (Wildman–Crippen MR) is 78.5 cm³/mol. The maximum absolute atomic E-state index is 6.07. The van der Waals surface area contributed by atoms with Crippen molar-refractivity contribution in [3.8, 4) is 0 Å². The molecule has 20 heavy (non-hydrogen) atoms. The van der Waals surface area contributed by atoms with Crippen molar-refractivity contribution in [1.82, 2.24) is 15.0 Å². The zero-order valence-electron chi connectivity index (χ0n) is 12.0. The Morgan fingerprint density at radius 1 is 1.00 bits per heavy atom. The molecule has 0 spiro atoms. The fourth-order valence-corrected chi connectivity index (χ4v) is 2.81. The number of anilines is 2. The van der Waals surface area contributed by atoms with Gasteiger partial charge in [0.05, 0.1) is 13.2 Å². The van der Waals surface area contributed by atoms with Gasteiger partial charge in [-0.2, -0.15) is 15.0 Å². The minimum atomic E-state index is 0.265. The molecule has 0 unspecified atom stereocenters. The van der Waals surface area contributed by atoms with E-state index < -0.39 is 0 Å². The van der Waals surface area contributed by atoms with Crippen LogP contribution in [0.4, 0.5) is 11.9 Å². The van der Waals surface area contributed by atoms with Crippen molar-refractivity contribution < 1.29 is 4.74 Å². The lowest BCUT2D eigenvalue weighted by Crippen LogP contribution is -2.38. The third-order valence-corrected chi connectivity index (χ3v) is 4.01. The molecule has 2 saturated heterocycles. The average molecular weight is 298 g/mol. The van der Waals surface area contributed by atoms with E-state index in [9.17, 15) is 0 Å². The molecular formula is C13H20ClN5O. The minimum Gasteiger partial charge on any atom is -0.378 e. The van der Waals surface area contributed by atoms with Crippen molar-refractivity contribution in [3.05, 3.63) is 5.28 Å². The summed E-state index contributed by atoms with van der Waals surface area (Å²) in [5, 5.41) is 0.265. The van der Waals surface area contributed by atoms with Gasteiger partial charge in [0.25, 0.3) is 0 Å². The van der Waals surface area contributed by atoms with Crippen LogP contribution in [0.1, 0.15) is 20.3 Å². The summed E-state index contributed by atoms with van der Waals surface area (Å²) in [4.78, 5) is 17.4. The van der Waals surface area contributed by atoms with Gasteiger partial charge in [0, 0.05) is 26.2 Å². The standard InChI is InChI=1S/C13H20ClN5O/c1-13(2)3-4-19(9-13)12-16-10(14)15-11(17-12)18-5-7-20-8-6-18/h3-9H2,1-2H3. The molecule has 3 heterocycles. The molecule has 1 aromatic heterocycles. The van der Waals surface area contributed by atoms with Gasteiger partial charge in [-0.15, -0.1) is 0 Å². The Hall–Kier alpha value is -1.14. The molecule has 0 amide bonds. The van der Waals surface area contributed by atoms with Gasteiger partial charge in [-0.1, -0.05) is 13.8 Å². The molecule has 0 bridgehead atoms. The Balaban J connectivity index is 1.83. The van der Waals surface area contributed by atoms with E-state index in [4.69, 9.17) is 16.3 Å². The third-order valence-electron chi connectivity index (χ3n) is 3.84. The molecule has 0 aromatic carbocycles. The van der Waals surface area contributed by atoms with E-state index in [0.29, 0.717) is 30.5 Å². The van der Waals surface area contributed by atoms with E-state index in [1.807, 2.05) is 0 Å². The van der Waals surface area contributed by atoms with Crippen LogP contribution in [-0.4, -0.2) is 54.3 Å². The molecule has 2 aliphatic rings. The highest BCUT2D eigenvalue weighted by Gasteiger charge is 2.31. The van der Waals surface area contributed by atoms with Crippen LogP contribution in [0.2, 0.25) is 5.28 Å². The second kappa shape index (κ2) is 5.33. The highest BCUT2D eigenvalue weighted by atomic mass is 35.5. The third kappa shape index (κ3) is 2.96. The zero-order chi connectivity index (χ0) is 14.2. The Bertz CT molecular complexity index is 490. The van der Waals surface area contributed by atoms with E-state index in [0.717, 1.165) is 32.6 Å². The molecular weight excluding hydrogens is 278 g/mol. The first kappa shape index (κ1) is 13.8. The Kier molecular flexibility index (Phi) is 3.69. The predicted octanol–water partition coefficient (Wildman–Crippen LogP) is 1.60. The molecule has 0 radical (unpaired) electrons. The van der Waals surface area contributed by atoms with Crippen molar-refractivity contribution in [3.63, 3.8) is 0 Å². The largest absolute Gasteiger partial charge is 0.378 e. The van der Waals surface area contributed by atoms with Crippen molar-refractivity contribution in [1.29, 1.82) is 0 Å². The molecule has 110 valence electrons. The minimum absolute atomic E-state index is 0.265. The first-order valence-corrected chi connectivity index (χ1v) is 7.41. The van der Waals surface area contributed by atoms with Crippen molar-refractivity contribution in [2.45, 2.75) is 20.3 Å². The van der Waals surface area contributed by atoms with E-state index in [1.165, 1.54) is 0 Å². The summed E-state index contributed by atoms with van der Waals surface area (Å²) in [6.07, 6.45) is 1.14. The summed E-state index contributed by atoms with van der Waals surface area (Å²) in [5.74, 6) is 1.35. The molecule has 2 fully saturated rings. The topological polar surface area (TPSA) is 54.4 Å². The Morgan fingerprint density at radius 2 is 1.65 bits per heavy atom. The summed E-state index contributed by atoms with van der Waals surface area (Å²) < 4.78 is 5.35. The van der Waals surface area contributed by atoms with Crippen LogP contribution >= 0.6 is 11.6 Å². The summed E-state index contributed by atoms with van der Waals surface area (Å²) >= 11 is 6.07. The monoisotopic (exact) mass is 297 g/mol. The highest BCUT2D eigenvalue weighted by Crippen LogP contribution is 2.31. The maximum atomic E-state index is 6.07. The van der Waals surface area contributed by atoms with Crippen LogP contribution in [0.25, 0.3) is 0 Å². The van der Waals surface area contributed by atoms with Crippen LogP contribution in [0, 0.1) is 5.41 Å². The highest BCUT2D eigenvalue weighted by molar-refractivity contribution is 6.28. The van der Waals surface area contributed by atoms with E-state index in [1.54, 1.807) is 0 Å². The maximum Gasteiger partial charge on any atom is 0.231 e. The van der Waals surface area contributed by atoms with E-state index >= 15 is 0 Å². The number of ether oxygens (including phenoxy) is 1. The molecule has 0 N–H and O–H groups in total. The average Bonchev–Trinajstić information content (AvgIpc) is 2.79. The SMILES string of the molecule is CC1(C)CCN(c2nc(Cl)nc(N3CCOCC3)n2)C1. The van der Waals surface area contributed by atoms with Gasteiger partial charge in [-0.3, -0.25) is 0 Å². The summed E-state index contributed by atoms with van der Waals surface area (Å²) in [5.41, 5.74) is 0.304. The Labute approximate surface area is 124 Å². The molecule has 3 rings (SSSR count). The normalized spacial score (nSPS) is 22.4. The number of morpholine rings is 1. The lowest BCUT2D eigenvalue weighted by molar-refractivity contribution is 0.122. The van der Waals surface area contributed by atoms with Crippen LogP contribution in [-0.2, 0) is 4.74 Å². The van der Waals surface area contributed by atoms with Gasteiger partial charge in [0.1, 0.15) is 0 Å². The van der Waals surface area contributed by atoms with Crippen molar-refractivity contribution in [2.75, 3.05) is 49.2 Å². The second-order valence-corrected chi connectivity index (χ2v) is 6.48. The summed E-state index contributed by atoms with van der Waals surface area (Å²) in [7, 11) is 0. The molecule has 6 nitrogen and oxygen atoms in total. The number of aromatic nitrogens is 3. The van der Waals surface area contributed by atoms with Crippen molar-refractivity contribution in [2.24, 2.45) is 5.41 Å². The Morgan fingerprint density at radius 3 is 2.25 bits per heavy atom. The molecule has 7 heteroatoms. The smallest absolute Gasteiger partial charge is 0.231 e. The molecule has 2 aliphatic heterocycles. The van der Waals surface area contributed by atoms with Gasteiger partial charge in [0.2, 0.25) is 17.2 Å². The van der Waals surface area contributed by atoms with E-state index in [-0.39, 0.29) is 5.28 Å². The van der Waals surface area contributed by atoms with Crippen molar-refractivity contribution >= 4 is 23.5 Å². The molecule has 0 aliphatic carbocycles. The fourth-order valence-electron chi connectivity index (χ4n) is 2.66. The van der Waals surface area contributed by atoms with Gasteiger partial charge >= 0.3 is 0 Å². The quantitative estimate of drug-likeness (QED) is 0.826. The van der Waals surface area contributed by atoms with Gasteiger partial charge < -0.3 is 14.5 Å². The number of rotatable bonds is 2. The molecule has 1 aromatic rings. The summed E-state index contributed by atoms with van der Waals surface area (Å²) in [6.45, 7) is 9.45. The van der Waals surface area contributed by atoms with Crippen LogP contribution in [0.5, 0.6) is 0 Å². The van der Waals surface area contributed by atoms with Crippen LogP contribution in [0.3, 0.4) is 0 Å². The summed E-state index contributed by atoms with van der Waals surface area (Å²) in [6, 6.07) is 0. The van der Waals surface area contributed by atoms with Gasteiger partial charge in [-0.05, 0) is 23.4 Å². The fraction of sp³-hybridized carbons (Fsp3) is 0.769. The first-order valence-electron chi connectivity index (χ1n) is 7.03. The van der Waals surface area contributed by atoms with Crippen LogP contribution in [0.15, 0.2) is 0 Å². The number of hydrogen-bond acceptors (Lipinski definition) is 6. The number of nitrogens with zero attached hydrogens (tertiary/aromatic N) is 5. The van der Waals surface area contributed by atoms with Gasteiger partial charge in [0.15, 0.2) is 0 Å². The zero-order valence-corrected chi connectivity index (χ0v) is 12.7. The first-order chi connectivity index (χ1) is 9.53. The number of halogens is 1. The second-order valence-electron chi connectivity index (χ2n) is 6.14. The van der Waals surface area contributed by atoms with Gasteiger partial charge in [-0.25, -0.2) is 0 Å². The molecule has 0 atom stereocenters. The van der Waals surface area contributed by atoms with Crippen LogP contribution < -0.4 is 9.80 Å². The molecule has 0 saturated carbocycles. The van der Waals surface area contributed by atoms with E-state index in [2.05, 4.69) is 38.6 Å². The lowest BCUT2D eigenvalue weighted by atomic mass is 9.93.